The smallest absolute Gasteiger partial charge is 0.230 e. The molecule has 1 saturated heterocycles. The van der Waals surface area contributed by atoms with Crippen molar-refractivity contribution in [1.29, 1.82) is 0 Å². The molecule has 0 spiro atoms. The second kappa shape index (κ2) is 6.86. The van der Waals surface area contributed by atoms with Crippen LogP contribution < -0.4 is 4.74 Å². The monoisotopic (exact) mass is 374 g/mol. The molecule has 3 aromatic rings. The van der Waals surface area contributed by atoms with Crippen molar-refractivity contribution in [3.8, 4) is 11.6 Å². The van der Waals surface area contributed by atoms with Gasteiger partial charge in [0.05, 0.1) is 24.1 Å². The molecule has 8 heteroatoms. The Labute approximate surface area is 155 Å². The van der Waals surface area contributed by atoms with Crippen LogP contribution in [-0.2, 0) is 0 Å². The van der Waals surface area contributed by atoms with Gasteiger partial charge in [-0.3, -0.25) is 4.90 Å². The zero-order valence-corrected chi connectivity index (χ0v) is 15.6. The average molecular weight is 374 g/mol. The lowest BCUT2D eigenvalue weighted by atomic mass is 9.99. The largest absolute Gasteiger partial charge is 0.497 e. The van der Waals surface area contributed by atoms with Crippen LogP contribution in [0.2, 0.25) is 0 Å². The average Bonchev–Trinajstić information content (AvgIpc) is 3.15. The highest BCUT2D eigenvalue weighted by atomic mass is 32.1. The zero-order chi connectivity index (χ0) is 18.3. The minimum absolute atomic E-state index is 0.129. The van der Waals surface area contributed by atoms with Crippen molar-refractivity contribution < 1.29 is 14.9 Å². The van der Waals surface area contributed by atoms with Crippen LogP contribution in [0.15, 0.2) is 24.3 Å². The van der Waals surface area contributed by atoms with Gasteiger partial charge in [-0.1, -0.05) is 23.5 Å². The molecular weight excluding hydrogens is 352 g/mol. The predicted octanol–water partition coefficient (Wildman–Crippen LogP) is 2.36. The normalized spacial score (nSPS) is 17.7. The van der Waals surface area contributed by atoms with Crippen LogP contribution >= 0.6 is 11.3 Å². The highest BCUT2D eigenvalue weighted by molar-refractivity contribution is 7.17. The van der Waals surface area contributed by atoms with E-state index in [0.29, 0.717) is 10.8 Å². The van der Waals surface area contributed by atoms with E-state index < -0.39 is 0 Å². The number of rotatable bonds is 4. The van der Waals surface area contributed by atoms with Crippen molar-refractivity contribution in [2.24, 2.45) is 0 Å². The molecule has 2 aromatic heterocycles. The number of hydrogen-bond donors (Lipinski definition) is 2. The number of ether oxygens (including phenoxy) is 1. The van der Waals surface area contributed by atoms with E-state index >= 15 is 0 Å². The summed E-state index contributed by atoms with van der Waals surface area (Å²) in [6.07, 6.45) is 1.19. The third-order valence-electron chi connectivity index (χ3n) is 4.83. The molecule has 0 amide bonds. The summed E-state index contributed by atoms with van der Waals surface area (Å²) in [7, 11) is 1.65. The van der Waals surface area contributed by atoms with Crippen molar-refractivity contribution in [2.45, 2.75) is 31.9 Å². The quantitative estimate of drug-likeness (QED) is 0.729. The molecule has 1 atom stereocenters. The van der Waals surface area contributed by atoms with E-state index in [-0.39, 0.29) is 18.0 Å². The minimum Gasteiger partial charge on any atom is -0.497 e. The highest BCUT2D eigenvalue weighted by Gasteiger charge is 2.32. The standard InChI is InChI=1S/C18H22N4O3S/c1-11-19-18-22(20-11)17(24)16(26-18)15(21-8-6-13(23)7-9-21)12-4-3-5-14(10-12)25-2/h3-5,10,13,15,23-24H,6-9H2,1-2H3/t15-/m1/s1. The number of piperidine rings is 1. The predicted molar refractivity (Wildman–Crippen MR) is 98.9 cm³/mol. The lowest BCUT2D eigenvalue weighted by Crippen LogP contribution is -2.38. The van der Waals surface area contributed by atoms with Crippen molar-refractivity contribution in [1.82, 2.24) is 19.5 Å². The second-order valence-electron chi connectivity index (χ2n) is 6.59. The molecule has 1 fully saturated rings. The Bertz CT molecular complexity index is 914. The van der Waals surface area contributed by atoms with Crippen LogP contribution in [0.3, 0.4) is 0 Å². The van der Waals surface area contributed by atoms with Crippen molar-refractivity contribution >= 4 is 16.3 Å². The van der Waals surface area contributed by atoms with E-state index in [1.807, 2.05) is 31.2 Å². The van der Waals surface area contributed by atoms with Crippen LogP contribution in [0.1, 0.15) is 35.1 Å². The summed E-state index contributed by atoms with van der Waals surface area (Å²) in [5, 5.41) is 25.0. The van der Waals surface area contributed by atoms with Crippen molar-refractivity contribution in [3.63, 3.8) is 0 Å². The summed E-state index contributed by atoms with van der Waals surface area (Å²) >= 11 is 1.45. The molecule has 138 valence electrons. The Morgan fingerprint density at radius 1 is 1.31 bits per heavy atom. The molecule has 0 radical (unpaired) electrons. The van der Waals surface area contributed by atoms with Crippen LogP contribution in [0.25, 0.3) is 4.96 Å². The molecule has 0 aliphatic carbocycles. The number of benzene rings is 1. The first-order valence-corrected chi connectivity index (χ1v) is 9.49. The first-order valence-electron chi connectivity index (χ1n) is 8.68. The fourth-order valence-corrected chi connectivity index (χ4v) is 4.67. The molecule has 7 nitrogen and oxygen atoms in total. The summed E-state index contributed by atoms with van der Waals surface area (Å²) in [5.41, 5.74) is 1.04. The van der Waals surface area contributed by atoms with Gasteiger partial charge in [0.1, 0.15) is 11.6 Å². The lowest BCUT2D eigenvalue weighted by molar-refractivity contribution is 0.0689. The second-order valence-corrected chi connectivity index (χ2v) is 7.60. The molecule has 1 aliphatic heterocycles. The van der Waals surface area contributed by atoms with E-state index in [1.54, 1.807) is 7.11 Å². The number of methoxy groups -OCH3 is 1. The Morgan fingerprint density at radius 3 is 2.77 bits per heavy atom. The van der Waals surface area contributed by atoms with Gasteiger partial charge < -0.3 is 14.9 Å². The number of aliphatic hydroxyl groups is 1. The van der Waals surface area contributed by atoms with Gasteiger partial charge >= 0.3 is 0 Å². The SMILES string of the molecule is COc1cccc([C@H](c2sc3nc(C)nn3c2O)N2CCC(O)CC2)c1. The molecular formula is C18H22N4O3S. The third-order valence-corrected chi connectivity index (χ3v) is 5.90. The van der Waals surface area contributed by atoms with Gasteiger partial charge in [0.15, 0.2) is 0 Å². The van der Waals surface area contributed by atoms with E-state index in [0.717, 1.165) is 42.1 Å². The number of likely N-dealkylation sites (tertiary alicyclic amines) is 1. The van der Waals surface area contributed by atoms with Gasteiger partial charge in [-0.15, -0.1) is 5.10 Å². The van der Waals surface area contributed by atoms with Gasteiger partial charge in [0, 0.05) is 13.1 Å². The molecule has 0 unspecified atom stereocenters. The molecule has 2 N–H and O–H groups in total. The van der Waals surface area contributed by atoms with Crippen LogP contribution in [0.5, 0.6) is 11.6 Å². The number of aliphatic hydroxyl groups excluding tert-OH is 1. The molecule has 3 heterocycles. The number of aryl methyl sites for hydroxylation is 1. The summed E-state index contributed by atoms with van der Waals surface area (Å²) in [4.78, 5) is 8.17. The van der Waals surface area contributed by atoms with Gasteiger partial charge in [-0.25, -0.2) is 4.98 Å². The van der Waals surface area contributed by atoms with Gasteiger partial charge in [0.25, 0.3) is 0 Å². The number of aromatic nitrogens is 3. The maximum absolute atomic E-state index is 10.8. The first-order chi connectivity index (χ1) is 12.6. The summed E-state index contributed by atoms with van der Waals surface area (Å²) in [6.45, 7) is 3.33. The Morgan fingerprint density at radius 2 is 2.08 bits per heavy atom. The fourth-order valence-electron chi connectivity index (χ4n) is 3.51. The topological polar surface area (TPSA) is 83.1 Å². The molecule has 1 aliphatic rings. The Kier molecular flexibility index (Phi) is 4.56. The Hall–Kier alpha value is -2.16. The fraction of sp³-hybridized carbons (Fsp3) is 0.444. The van der Waals surface area contributed by atoms with Gasteiger partial charge in [-0.05, 0) is 37.5 Å². The molecule has 0 saturated carbocycles. The highest BCUT2D eigenvalue weighted by Crippen LogP contribution is 2.41. The number of nitrogens with zero attached hydrogens (tertiary/aromatic N) is 4. The lowest BCUT2D eigenvalue weighted by Gasteiger charge is -2.36. The van der Waals surface area contributed by atoms with Crippen LogP contribution in [0, 0.1) is 6.92 Å². The van der Waals surface area contributed by atoms with Crippen LogP contribution in [-0.4, -0.2) is 56.0 Å². The van der Waals surface area contributed by atoms with Crippen molar-refractivity contribution in [3.05, 3.63) is 40.5 Å². The zero-order valence-electron chi connectivity index (χ0n) is 14.8. The number of fused-ring (bicyclic) bond motifs is 1. The van der Waals surface area contributed by atoms with E-state index in [9.17, 15) is 10.2 Å². The number of thiazole rings is 1. The first kappa shape index (κ1) is 17.3. The third kappa shape index (κ3) is 3.04. The maximum atomic E-state index is 10.8. The summed E-state index contributed by atoms with van der Waals surface area (Å²) in [6, 6.07) is 7.77. The maximum Gasteiger partial charge on any atom is 0.230 e. The van der Waals surface area contributed by atoms with Gasteiger partial charge in [-0.2, -0.15) is 4.52 Å². The summed E-state index contributed by atoms with van der Waals surface area (Å²) in [5.74, 6) is 1.54. The molecule has 0 bridgehead atoms. The molecule has 1 aromatic carbocycles. The number of aromatic hydroxyl groups is 1. The molecule has 4 rings (SSSR count). The van der Waals surface area contributed by atoms with E-state index in [2.05, 4.69) is 15.0 Å². The van der Waals surface area contributed by atoms with Crippen LogP contribution in [0.4, 0.5) is 0 Å². The Balaban J connectivity index is 1.80. The van der Waals surface area contributed by atoms with Crippen molar-refractivity contribution in [2.75, 3.05) is 20.2 Å². The molecule has 26 heavy (non-hydrogen) atoms. The van der Waals surface area contributed by atoms with Gasteiger partial charge in [0.2, 0.25) is 10.8 Å². The minimum atomic E-state index is -0.254. The van der Waals surface area contributed by atoms with E-state index in [1.165, 1.54) is 15.9 Å². The summed E-state index contributed by atoms with van der Waals surface area (Å²) < 4.78 is 6.89. The van der Waals surface area contributed by atoms with E-state index in [4.69, 9.17) is 4.74 Å². The number of hydrogen-bond acceptors (Lipinski definition) is 7.